The molecule has 0 bridgehead atoms. The van der Waals surface area contributed by atoms with E-state index in [4.69, 9.17) is 16.3 Å². The van der Waals surface area contributed by atoms with Crippen molar-refractivity contribution in [1.82, 2.24) is 9.97 Å². The van der Waals surface area contributed by atoms with Crippen LogP contribution in [0, 0.1) is 6.92 Å². The zero-order chi connectivity index (χ0) is 13.1. The minimum Gasteiger partial charge on any atom is -0.439 e. The molecule has 0 fully saturated rings. The van der Waals surface area contributed by atoms with Crippen LogP contribution in [0.25, 0.3) is 0 Å². The van der Waals surface area contributed by atoms with E-state index in [1.807, 2.05) is 25.1 Å². The van der Waals surface area contributed by atoms with Gasteiger partial charge in [0, 0.05) is 11.8 Å². The van der Waals surface area contributed by atoms with E-state index in [1.54, 1.807) is 6.07 Å². The first-order chi connectivity index (χ1) is 8.54. The summed E-state index contributed by atoms with van der Waals surface area (Å²) < 4.78 is 5.70. The van der Waals surface area contributed by atoms with Crippen LogP contribution in [0.15, 0.2) is 30.3 Å². The lowest BCUT2D eigenvalue weighted by atomic mass is 10.0. The predicted molar refractivity (Wildman–Crippen MR) is 72.4 cm³/mol. The molecule has 1 aromatic heterocycles. The van der Waals surface area contributed by atoms with Gasteiger partial charge in [-0.05, 0) is 42.1 Å². The molecule has 18 heavy (non-hydrogen) atoms. The molecular formula is C14H15ClN2O. The Balaban J connectivity index is 2.25. The van der Waals surface area contributed by atoms with E-state index in [0.29, 0.717) is 11.8 Å². The Morgan fingerprint density at radius 2 is 1.94 bits per heavy atom. The average molecular weight is 263 g/mol. The molecule has 0 saturated carbocycles. The highest BCUT2D eigenvalue weighted by Gasteiger charge is 2.05. The van der Waals surface area contributed by atoms with Gasteiger partial charge in [-0.15, -0.1) is 0 Å². The van der Waals surface area contributed by atoms with Gasteiger partial charge in [-0.1, -0.05) is 26.0 Å². The first-order valence-electron chi connectivity index (χ1n) is 5.83. The maximum Gasteiger partial charge on any atom is 0.225 e. The average Bonchev–Trinajstić information content (AvgIpc) is 2.27. The monoisotopic (exact) mass is 262 g/mol. The number of aryl methyl sites for hydroxylation is 1. The Bertz CT molecular complexity index is 535. The van der Waals surface area contributed by atoms with E-state index >= 15 is 0 Å². The van der Waals surface area contributed by atoms with Crippen molar-refractivity contribution < 1.29 is 4.74 Å². The fraction of sp³-hybridized carbons (Fsp3) is 0.286. The summed E-state index contributed by atoms with van der Waals surface area (Å²) in [5.74, 6) is 1.69. The molecule has 1 heterocycles. The minimum atomic E-state index is 0.199. The van der Waals surface area contributed by atoms with Crippen molar-refractivity contribution in [1.29, 1.82) is 0 Å². The summed E-state index contributed by atoms with van der Waals surface area (Å²) in [7, 11) is 0. The molecule has 1 aromatic carbocycles. The first kappa shape index (κ1) is 12.8. The normalized spacial score (nSPS) is 10.7. The van der Waals surface area contributed by atoms with Gasteiger partial charge in [0.25, 0.3) is 0 Å². The number of hydrogen-bond donors (Lipinski definition) is 0. The van der Waals surface area contributed by atoms with E-state index in [-0.39, 0.29) is 5.28 Å². The summed E-state index contributed by atoms with van der Waals surface area (Å²) in [6.45, 7) is 6.14. The van der Waals surface area contributed by atoms with Gasteiger partial charge in [-0.25, -0.2) is 4.98 Å². The van der Waals surface area contributed by atoms with Crippen LogP contribution in [0.2, 0.25) is 5.28 Å². The lowest BCUT2D eigenvalue weighted by molar-refractivity contribution is 0.460. The van der Waals surface area contributed by atoms with E-state index in [9.17, 15) is 0 Å². The minimum absolute atomic E-state index is 0.199. The second-order valence-electron chi connectivity index (χ2n) is 4.45. The van der Waals surface area contributed by atoms with Crippen LogP contribution in [0.5, 0.6) is 11.6 Å². The van der Waals surface area contributed by atoms with Crippen molar-refractivity contribution in [2.45, 2.75) is 26.7 Å². The van der Waals surface area contributed by atoms with Crippen LogP contribution < -0.4 is 4.74 Å². The summed E-state index contributed by atoms with van der Waals surface area (Å²) in [5.41, 5.74) is 2.01. The third-order valence-electron chi connectivity index (χ3n) is 2.55. The molecule has 94 valence electrons. The Labute approximate surface area is 112 Å². The molecule has 0 aliphatic heterocycles. The maximum absolute atomic E-state index is 5.80. The largest absolute Gasteiger partial charge is 0.439 e. The topological polar surface area (TPSA) is 35.0 Å². The van der Waals surface area contributed by atoms with Crippen LogP contribution in [0.1, 0.15) is 31.0 Å². The molecule has 0 aliphatic carbocycles. The van der Waals surface area contributed by atoms with Crippen molar-refractivity contribution in [2.75, 3.05) is 0 Å². The summed E-state index contributed by atoms with van der Waals surface area (Å²) in [4.78, 5) is 8.03. The maximum atomic E-state index is 5.80. The highest BCUT2D eigenvalue weighted by molar-refractivity contribution is 6.28. The highest BCUT2D eigenvalue weighted by Crippen LogP contribution is 2.24. The summed E-state index contributed by atoms with van der Waals surface area (Å²) >= 11 is 5.80. The van der Waals surface area contributed by atoms with Crippen molar-refractivity contribution in [3.8, 4) is 11.6 Å². The predicted octanol–water partition coefficient (Wildman–Crippen LogP) is 4.35. The lowest BCUT2D eigenvalue weighted by Crippen LogP contribution is -1.94. The van der Waals surface area contributed by atoms with Gasteiger partial charge in [0.05, 0.1) is 0 Å². The van der Waals surface area contributed by atoms with Gasteiger partial charge in [-0.3, -0.25) is 0 Å². The molecule has 0 spiro atoms. The molecule has 2 rings (SSSR count). The van der Waals surface area contributed by atoms with Gasteiger partial charge in [0.1, 0.15) is 5.75 Å². The van der Waals surface area contributed by atoms with Crippen LogP contribution in [0.3, 0.4) is 0 Å². The molecule has 0 unspecified atom stereocenters. The van der Waals surface area contributed by atoms with Crippen molar-refractivity contribution >= 4 is 11.6 Å². The fourth-order valence-electron chi connectivity index (χ4n) is 1.61. The smallest absolute Gasteiger partial charge is 0.225 e. The molecular weight excluding hydrogens is 248 g/mol. The second kappa shape index (κ2) is 5.36. The summed E-state index contributed by atoms with van der Waals surface area (Å²) in [6.07, 6.45) is 0. The number of halogens is 1. The molecule has 0 amide bonds. The van der Waals surface area contributed by atoms with Crippen LogP contribution in [-0.2, 0) is 0 Å². The standard InChI is InChI=1S/C14H15ClN2O/c1-9(2)11-5-4-6-12(8-11)18-13-7-10(3)16-14(15)17-13/h4-9H,1-3H3. The Kier molecular flexibility index (Phi) is 3.82. The Morgan fingerprint density at radius 3 is 2.61 bits per heavy atom. The number of hydrogen-bond acceptors (Lipinski definition) is 3. The first-order valence-corrected chi connectivity index (χ1v) is 6.21. The van der Waals surface area contributed by atoms with E-state index < -0.39 is 0 Å². The Morgan fingerprint density at radius 1 is 1.17 bits per heavy atom. The van der Waals surface area contributed by atoms with Gasteiger partial charge in [-0.2, -0.15) is 4.98 Å². The molecule has 0 aliphatic rings. The van der Waals surface area contributed by atoms with Crippen LogP contribution in [-0.4, -0.2) is 9.97 Å². The van der Waals surface area contributed by atoms with Gasteiger partial charge < -0.3 is 4.74 Å². The molecule has 0 radical (unpaired) electrons. The van der Waals surface area contributed by atoms with Gasteiger partial charge >= 0.3 is 0 Å². The number of aromatic nitrogens is 2. The fourth-order valence-corrected chi connectivity index (χ4v) is 1.83. The van der Waals surface area contributed by atoms with E-state index in [1.165, 1.54) is 5.56 Å². The van der Waals surface area contributed by atoms with Gasteiger partial charge in [0.15, 0.2) is 0 Å². The van der Waals surface area contributed by atoms with Crippen LogP contribution in [0.4, 0.5) is 0 Å². The number of ether oxygens (including phenoxy) is 1. The van der Waals surface area contributed by atoms with Crippen LogP contribution >= 0.6 is 11.6 Å². The van der Waals surface area contributed by atoms with E-state index in [0.717, 1.165) is 11.4 Å². The second-order valence-corrected chi connectivity index (χ2v) is 4.78. The molecule has 2 aromatic rings. The number of nitrogens with zero attached hydrogens (tertiary/aromatic N) is 2. The molecule has 0 atom stereocenters. The van der Waals surface area contributed by atoms with E-state index in [2.05, 4.69) is 29.9 Å². The van der Waals surface area contributed by atoms with Crippen molar-refractivity contribution in [3.63, 3.8) is 0 Å². The summed E-state index contributed by atoms with van der Waals surface area (Å²) in [6, 6.07) is 9.72. The molecule has 0 saturated heterocycles. The number of benzene rings is 1. The van der Waals surface area contributed by atoms with Crippen molar-refractivity contribution in [3.05, 3.63) is 46.9 Å². The van der Waals surface area contributed by atoms with Gasteiger partial charge in [0.2, 0.25) is 11.2 Å². The molecule has 4 heteroatoms. The zero-order valence-electron chi connectivity index (χ0n) is 10.6. The lowest BCUT2D eigenvalue weighted by Gasteiger charge is -2.09. The zero-order valence-corrected chi connectivity index (χ0v) is 11.4. The molecule has 3 nitrogen and oxygen atoms in total. The Hall–Kier alpha value is -1.61. The number of rotatable bonds is 3. The quantitative estimate of drug-likeness (QED) is 0.771. The third kappa shape index (κ3) is 3.20. The van der Waals surface area contributed by atoms with Crippen molar-refractivity contribution in [2.24, 2.45) is 0 Å². The highest BCUT2D eigenvalue weighted by atomic mass is 35.5. The molecule has 0 N–H and O–H groups in total. The SMILES string of the molecule is Cc1cc(Oc2cccc(C(C)C)c2)nc(Cl)n1. The third-order valence-corrected chi connectivity index (χ3v) is 2.72. The summed E-state index contributed by atoms with van der Waals surface area (Å²) in [5, 5.41) is 0.199.